The minimum atomic E-state index is -1.24. The van der Waals surface area contributed by atoms with Crippen LogP contribution >= 0.6 is 23.2 Å². The van der Waals surface area contributed by atoms with Crippen LogP contribution in [0.2, 0.25) is 10.0 Å². The van der Waals surface area contributed by atoms with E-state index in [1.54, 1.807) is 0 Å². The highest BCUT2D eigenvalue weighted by Gasteiger charge is 2.59. The number of ether oxygens (including phenoxy) is 1. The molecule has 2 heterocycles. The van der Waals surface area contributed by atoms with Crippen LogP contribution in [0.15, 0.2) is 23.3 Å². The number of benzene rings is 1. The number of hydrogen-bond acceptors (Lipinski definition) is 6. The van der Waals surface area contributed by atoms with Crippen LogP contribution in [0.5, 0.6) is 0 Å². The lowest BCUT2D eigenvalue weighted by Gasteiger charge is -2.19. The van der Waals surface area contributed by atoms with Gasteiger partial charge in [0.2, 0.25) is 11.8 Å². The van der Waals surface area contributed by atoms with E-state index in [0.717, 1.165) is 17.0 Å². The number of imide groups is 1. The van der Waals surface area contributed by atoms with Gasteiger partial charge in [0.1, 0.15) is 5.92 Å². The van der Waals surface area contributed by atoms with E-state index in [4.69, 9.17) is 23.2 Å². The second-order valence-corrected chi connectivity index (χ2v) is 6.28. The van der Waals surface area contributed by atoms with Crippen molar-refractivity contribution in [2.75, 3.05) is 12.0 Å². The van der Waals surface area contributed by atoms with Crippen LogP contribution in [0.1, 0.15) is 6.92 Å². The summed E-state index contributed by atoms with van der Waals surface area (Å²) in [6, 6.07) is 2.98. The zero-order valence-electron chi connectivity index (χ0n) is 13.0. The number of esters is 1. The third kappa shape index (κ3) is 2.67. The van der Waals surface area contributed by atoms with Crippen LogP contribution < -0.4 is 4.90 Å². The van der Waals surface area contributed by atoms with Crippen LogP contribution in [-0.2, 0) is 23.9 Å². The van der Waals surface area contributed by atoms with Gasteiger partial charge >= 0.3 is 5.97 Å². The van der Waals surface area contributed by atoms with Crippen LogP contribution in [0, 0.1) is 5.92 Å². The number of nitrogens with zero attached hydrogens (tertiary/aromatic N) is 3. The Bertz CT molecular complexity index is 833. The molecule has 130 valence electrons. The van der Waals surface area contributed by atoms with Gasteiger partial charge in [-0.25, -0.2) is 14.7 Å². The van der Waals surface area contributed by atoms with Gasteiger partial charge in [0, 0.05) is 17.0 Å². The number of hydrogen-bond donors (Lipinski definition) is 0. The van der Waals surface area contributed by atoms with E-state index in [9.17, 15) is 19.2 Å². The van der Waals surface area contributed by atoms with Crippen molar-refractivity contribution in [1.29, 1.82) is 0 Å². The molecule has 8 nitrogen and oxygen atoms in total. The predicted molar refractivity (Wildman–Crippen MR) is 88.2 cm³/mol. The molecule has 2 aliphatic heterocycles. The first-order chi connectivity index (χ1) is 11.8. The number of amides is 3. The number of methoxy groups -OCH3 is 1. The second kappa shape index (κ2) is 6.12. The Labute approximate surface area is 151 Å². The van der Waals surface area contributed by atoms with Crippen molar-refractivity contribution in [3.05, 3.63) is 28.2 Å². The molecular formula is C15H11Cl2N3O5. The molecule has 0 N–H and O–H groups in total. The Kier molecular flexibility index (Phi) is 4.26. The molecule has 10 heteroatoms. The number of rotatable bonds is 2. The van der Waals surface area contributed by atoms with Crippen LogP contribution in [0.4, 0.5) is 5.69 Å². The van der Waals surface area contributed by atoms with Gasteiger partial charge in [-0.3, -0.25) is 14.4 Å². The maximum atomic E-state index is 12.8. The Morgan fingerprint density at radius 3 is 2.24 bits per heavy atom. The molecule has 1 aromatic carbocycles. The molecule has 1 saturated heterocycles. The molecule has 2 atom stereocenters. The van der Waals surface area contributed by atoms with Crippen molar-refractivity contribution < 1.29 is 23.9 Å². The lowest BCUT2D eigenvalue weighted by atomic mass is 9.98. The van der Waals surface area contributed by atoms with Gasteiger partial charge in [0.05, 0.1) is 12.8 Å². The number of carbonyl (C=O) groups is 4. The summed E-state index contributed by atoms with van der Waals surface area (Å²) >= 11 is 11.9. The fourth-order valence-electron chi connectivity index (χ4n) is 2.87. The van der Waals surface area contributed by atoms with Crippen LogP contribution in [0.3, 0.4) is 0 Å². The zero-order valence-corrected chi connectivity index (χ0v) is 14.5. The normalized spacial score (nSPS) is 22.2. The summed E-state index contributed by atoms with van der Waals surface area (Å²) in [6.07, 6.45) is 0. The van der Waals surface area contributed by atoms with Crippen molar-refractivity contribution >= 4 is 58.3 Å². The quantitative estimate of drug-likeness (QED) is 0.565. The van der Waals surface area contributed by atoms with Gasteiger partial charge in [-0.05, 0) is 18.2 Å². The molecule has 1 aromatic rings. The summed E-state index contributed by atoms with van der Waals surface area (Å²) in [5.74, 6) is -4.11. The van der Waals surface area contributed by atoms with Gasteiger partial charge < -0.3 is 4.74 Å². The van der Waals surface area contributed by atoms with Gasteiger partial charge in [-0.1, -0.05) is 23.2 Å². The predicted octanol–water partition coefficient (Wildman–Crippen LogP) is 1.24. The van der Waals surface area contributed by atoms with E-state index in [1.165, 1.54) is 25.1 Å². The summed E-state index contributed by atoms with van der Waals surface area (Å²) in [5, 5.41) is 5.09. The highest BCUT2D eigenvalue weighted by atomic mass is 35.5. The molecular weight excluding hydrogens is 373 g/mol. The molecule has 0 radical (unpaired) electrons. The Morgan fingerprint density at radius 2 is 1.72 bits per heavy atom. The van der Waals surface area contributed by atoms with E-state index in [-0.39, 0.29) is 21.4 Å². The molecule has 2 aliphatic rings. The first-order valence-corrected chi connectivity index (χ1v) is 7.82. The average molecular weight is 384 g/mol. The average Bonchev–Trinajstić information content (AvgIpc) is 3.03. The van der Waals surface area contributed by atoms with Crippen molar-refractivity contribution in [2.45, 2.75) is 13.0 Å². The maximum Gasteiger partial charge on any atom is 0.355 e. The summed E-state index contributed by atoms with van der Waals surface area (Å²) in [7, 11) is 1.12. The van der Waals surface area contributed by atoms with Crippen molar-refractivity contribution in [3.63, 3.8) is 0 Å². The van der Waals surface area contributed by atoms with Crippen molar-refractivity contribution in [1.82, 2.24) is 5.01 Å². The SMILES string of the molecule is COC(=O)C1=NN(C(C)=O)C2C(=O)N(c3cc(Cl)cc(Cl)c3)C(=O)C12. The van der Waals surface area contributed by atoms with Crippen LogP contribution in [-0.4, -0.2) is 47.6 Å². The summed E-state index contributed by atoms with van der Waals surface area (Å²) in [5.41, 5.74) is -0.147. The first-order valence-electron chi connectivity index (χ1n) is 7.06. The van der Waals surface area contributed by atoms with E-state index in [2.05, 4.69) is 9.84 Å². The topological polar surface area (TPSA) is 96.3 Å². The Hall–Kier alpha value is -2.45. The zero-order chi connectivity index (χ0) is 18.5. The number of halogens is 2. The van der Waals surface area contributed by atoms with Crippen molar-refractivity contribution in [3.8, 4) is 0 Å². The number of anilines is 1. The van der Waals surface area contributed by atoms with E-state index in [1.807, 2.05) is 0 Å². The summed E-state index contributed by atoms with van der Waals surface area (Å²) in [4.78, 5) is 50.2. The molecule has 0 spiro atoms. The summed E-state index contributed by atoms with van der Waals surface area (Å²) < 4.78 is 4.60. The molecule has 0 aromatic heterocycles. The molecule has 1 fully saturated rings. The minimum Gasteiger partial charge on any atom is -0.464 e. The fourth-order valence-corrected chi connectivity index (χ4v) is 3.39. The number of hydrazone groups is 1. The first kappa shape index (κ1) is 17.4. The number of carbonyl (C=O) groups excluding carboxylic acids is 4. The van der Waals surface area contributed by atoms with E-state index >= 15 is 0 Å². The minimum absolute atomic E-state index is 0.148. The third-order valence-corrected chi connectivity index (χ3v) is 4.31. The molecule has 3 rings (SSSR count). The second-order valence-electron chi connectivity index (χ2n) is 5.40. The van der Waals surface area contributed by atoms with Gasteiger partial charge in [0.15, 0.2) is 11.8 Å². The van der Waals surface area contributed by atoms with E-state index < -0.39 is 35.7 Å². The van der Waals surface area contributed by atoms with Gasteiger partial charge in [-0.2, -0.15) is 5.10 Å². The summed E-state index contributed by atoms with van der Waals surface area (Å²) in [6.45, 7) is 1.18. The van der Waals surface area contributed by atoms with Crippen molar-refractivity contribution in [2.24, 2.45) is 11.0 Å². The molecule has 2 unspecified atom stereocenters. The molecule has 0 bridgehead atoms. The smallest absolute Gasteiger partial charge is 0.355 e. The lowest BCUT2D eigenvalue weighted by Crippen LogP contribution is -2.41. The largest absolute Gasteiger partial charge is 0.464 e. The molecule has 0 aliphatic carbocycles. The third-order valence-electron chi connectivity index (χ3n) is 3.87. The maximum absolute atomic E-state index is 12.8. The molecule has 0 saturated carbocycles. The number of fused-ring (bicyclic) bond motifs is 1. The van der Waals surface area contributed by atoms with E-state index in [0.29, 0.717) is 0 Å². The van der Waals surface area contributed by atoms with Gasteiger partial charge in [0.25, 0.3) is 5.91 Å². The monoisotopic (exact) mass is 383 g/mol. The highest BCUT2D eigenvalue weighted by Crippen LogP contribution is 2.37. The lowest BCUT2D eigenvalue weighted by molar-refractivity contribution is -0.136. The molecule has 3 amide bonds. The van der Waals surface area contributed by atoms with Crippen LogP contribution in [0.25, 0.3) is 0 Å². The van der Waals surface area contributed by atoms with Gasteiger partial charge in [-0.15, -0.1) is 0 Å². The standard InChI is InChI=1S/C15H11Cl2N3O5/c1-6(21)20-12-10(11(18-20)15(24)25-2)13(22)19(14(12)23)9-4-7(16)3-8(17)5-9/h3-5,10,12H,1-2H3. The highest BCUT2D eigenvalue weighted by molar-refractivity contribution is 6.47. The Morgan fingerprint density at radius 1 is 1.12 bits per heavy atom. The molecule has 25 heavy (non-hydrogen) atoms. The Balaban J connectivity index is 2.09. The fraction of sp³-hybridized carbons (Fsp3) is 0.267.